The number of rotatable bonds is 9. The van der Waals surface area contributed by atoms with E-state index >= 15 is 0 Å². The fourth-order valence-corrected chi connectivity index (χ4v) is 1.93. The highest BCUT2D eigenvalue weighted by molar-refractivity contribution is 4.74. The molecule has 0 aromatic heterocycles. The van der Waals surface area contributed by atoms with Crippen LogP contribution in [0.25, 0.3) is 0 Å². The van der Waals surface area contributed by atoms with Gasteiger partial charge in [0, 0.05) is 13.2 Å². The zero-order valence-corrected chi connectivity index (χ0v) is 11.4. The summed E-state index contributed by atoms with van der Waals surface area (Å²) in [4.78, 5) is 0. The standard InChI is InChI=1S/C13H27NO3/c1-11(2)9-15-6-7-16-10-13-5-4-12(17-13)8-14-3/h11-14H,4-10H2,1-3H3. The lowest BCUT2D eigenvalue weighted by molar-refractivity contribution is -0.0299. The predicted octanol–water partition coefficient (Wildman–Crippen LogP) is 1.44. The molecule has 0 amide bonds. The Morgan fingerprint density at radius 2 is 1.88 bits per heavy atom. The summed E-state index contributed by atoms with van der Waals surface area (Å²) in [6, 6.07) is 0. The van der Waals surface area contributed by atoms with Crippen molar-refractivity contribution in [2.24, 2.45) is 5.92 Å². The van der Waals surface area contributed by atoms with E-state index in [2.05, 4.69) is 19.2 Å². The first kappa shape index (κ1) is 14.9. The second kappa shape index (κ2) is 8.86. The molecule has 1 N–H and O–H groups in total. The second-order valence-electron chi connectivity index (χ2n) is 5.06. The summed E-state index contributed by atoms with van der Waals surface area (Å²) in [7, 11) is 1.96. The van der Waals surface area contributed by atoms with Gasteiger partial charge in [-0.2, -0.15) is 0 Å². The average Bonchev–Trinajstić information content (AvgIpc) is 2.71. The average molecular weight is 245 g/mol. The van der Waals surface area contributed by atoms with E-state index in [9.17, 15) is 0 Å². The normalized spacial score (nSPS) is 24.7. The molecule has 1 saturated heterocycles. The minimum atomic E-state index is 0.276. The highest BCUT2D eigenvalue weighted by Crippen LogP contribution is 2.19. The smallest absolute Gasteiger partial charge is 0.0813 e. The van der Waals surface area contributed by atoms with Gasteiger partial charge in [-0.15, -0.1) is 0 Å². The molecule has 1 aliphatic heterocycles. The Morgan fingerprint density at radius 3 is 2.59 bits per heavy atom. The van der Waals surface area contributed by atoms with Crippen LogP contribution in [0.1, 0.15) is 26.7 Å². The van der Waals surface area contributed by atoms with E-state index in [0.29, 0.717) is 31.8 Å². The fourth-order valence-electron chi connectivity index (χ4n) is 1.93. The highest BCUT2D eigenvalue weighted by Gasteiger charge is 2.24. The maximum atomic E-state index is 5.82. The lowest BCUT2D eigenvalue weighted by Gasteiger charge is -2.14. The molecule has 102 valence electrons. The van der Waals surface area contributed by atoms with Crippen molar-refractivity contribution in [1.29, 1.82) is 0 Å². The number of hydrogen-bond donors (Lipinski definition) is 1. The molecule has 0 aromatic rings. The molecule has 4 nitrogen and oxygen atoms in total. The molecule has 0 bridgehead atoms. The molecule has 1 rings (SSSR count). The highest BCUT2D eigenvalue weighted by atomic mass is 16.6. The summed E-state index contributed by atoms with van der Waals surface area (Å²) in [6.07, 6.45) is 2.89. The van der Waals surface area contributed by atoms with Crippen LogP contribution >= 0.6 is 0 Å². The van der Waals surface area contributed by atoms with Crippen LogP contribution in [-0.2, 0) is 14.2 Å². The summed E-state index contributed by atoms with van der Waals surface area (Å²) in [5.41, 5.74) is 0. The minimum Gasteiger partial charge on any atom is -0.379 e. The van der Waals surface area contributed by atoms with Crippen molar-refractivity contribution in [3.05, 3.63) is 0 Å². The van der Waals surface area contributed by atoms with Crippen LogP contribution in [0.3, 0.4) is 0 Å². The first-order valence-electron chi connectivity index (χ1n) is 6.68. The van der Waals surface area contributed by atoms with Gasteiger partial charge in [0.1, 0.15) is 0 Å². The monoisotopic (exact) mass is 245 g/mol. The Balaban J connectivity index is 1.90. The predicted molar refractivity (Wildman–Crippen MR) is 68.3 cm³/mol. The van der Waals surface area contributed by atoms with Crippen LogP contribution in [0.15, 0.2) is 0 Å². The third-order valence-electron chi connectivity index (χ3n) is 2.75. The Kier molecular flexibility index (Phi) is 7.77. The Labute approximate surface area is 105 Å². The first-order chi connectivity index (χ1) is 8.22. The van der Waals surface area contributed by atoms with Gasteiger partial charge in [0.2, 0.25) is 0 Å². The molecule has 4 heteroatoms. The molecule has 0 radical (unpaired) electrons. The van der Waals surface area contributed by atoms with E-state index in [1.807, 2.05) is 7.05 Å². The topological polar surface area (TPSA) is 39.7 Å². The molecule has 0 spiro atoms. The van der Waals surface area contributed by atoms with E-state index in [1.165, 1.54) is 0 Å². The van der Waals surface area contributed by atoms with Gasteiger partial charge in [-0.05, 0) is 25.8 Å². The Morgan fingerprint density at radius 1 is 1.18 bits per heavy atom. The van der Waals surface area contributed by atoms with Crippen molar-refractivity contribution in [2.45, 2.75) is 38.9 Å². The molecule has 1 aliphatic rings. The number of hydrogen-bond acceptors (Lipinski definition) is 4. The van der Waals surface area contributed by atoms with Gasteiger partial charge < -0.3 is 19.5 Å². The van der Waals surface area contributed by atoms with Crippen LogP contribution < -0.4 is 5.32 Å². The number of likely N-dealkylation sites (N-methyl/N-ethyl adjacent to an activating group) is 1. The molecule has 2 atom stereocenters. The van der Waals surface area contributed by atoms with Crippen molar-refractivity contribution in [3.8, 4) is 0 Å². The second-order valence-corrected chi connectivity index (χ2v) is 5.06. The van der Waals surface area contributed by atoms with Crippen LogP contribution in [0, 0.1) is 5.92 Å². The van der Waals surface area contributed by atoms with Crippen LogP contribution in [-0.4, -0.2) is 52.2 Å². The van der Waals surface area contributed by atoms with Gasteiger partial charge in [-0.1, -0.05) is 13.8 Å². The third-order valence-corrected chi connectivity index (χ3v) is 2.75. The van der Waals surface area contributed by atoms with E-state index in [1.54, 1.807) is 0 Å². The van der Waals surface area contributed by atoms with Crippen molar-refractivity contribution in [2.75, 3.05) is 40.0 Å². The van der Waals surface area contributed by atoms with E-state index in [-0.39, 0.29) is 6.10 Å². The molecule has 1 fully saturated rings. The quantitative estimate of drug-likeness (QED) is 0.624. The minimum absolute atomic E-state index is 0.276. The molecule has 17 heavy (non-hydrogen) atoms. The molecular weight excluding hydrogens is 218 g/mol. The van der Waals surface area contributed by atoms with Crippen molar-refractivity contribution in [3.63, 3.8) is 0 Å². The van der Waals surface area contributed by atoms with Crippen molar-refractivity contribution >= 4 is 0 Å². The largest absolute Gasteiger partial charge is 0.379 e. The molecule has 1 heterocycles. The summed E-state index contributed by atoms with van der Waals surface area (Å²) in [5, 5.41) is 3.14. The Hall–Kier alpha value is -0.160. The molecule has 0 saturated carbocycles. The summed E-state index contributed by atoms with van der Waals surface area (Å²) >= 11 is 0. The van der Waals surface area contributed by atoms with Crippen molar-refractivity contribution < 1.29 is 14.2 Å². The maximum Gasteiger partial charge on any atom is 0.0813 e. The van der Waals surface area contributed by atoms with Gasteiger partial charge in [0.15, 0.2) is 0 Å². The zero-order valence-electron chi connectivity index (χ0n) is 11.4. The van der Waals surface area contributed by atoms with Gasteiger partial charge >= 0.3 is 0 Å². The summed E-state index contributed by atoms with van der Waals surface area (Å²) in [5.74, 6) is 0.593. The molecule has 2 unspecified atom stereocenters. The van der Waals surface area contributed by atoms with Gasteiger partial charge in [-0.3, -0.25) is 0 Å². The molecule has 0 aromatic carbocycles. The lowest BCUT2D eigenvalue weighted by atomic mass is 10.2. The van der Waals surface area contributed by atoms with Crippen molar-refractivity contribution in [1.82, 2.24) is 5.32 Å². The van der Waals surface area contributed by atoms with Gasteiger partial charge in [-0.25, -0.2) is 0 Å². The number of nitrogens with one attached hydrogen (secondary N) is 1. The van der Waals surface area contributed by atoms with E-state index in [4.69, 9.17) is 14.2 Å². The SMILES string of the molecule is CNCC1CCC(COCCOCC(C)C)O1. The number of ether oxygens (including phenoxy) is 3. The summed E-state index contributed by atoms with van der Waals surface area (Å²) < 4.78 is 16.8. The zero-order chi connectivity index (χ0) is 12.5. The maximum absolute atomic E-state index is 5.82. The van der Waals surface area contributed by atoms with Crippen LogP contribution in [0.4, 0.5) is 0 Å². The van der Waals surface area contributed by atoms with E-state index < -0.39 is 0 Å². The first-order valence-corrected chi connectivity index (χ1v) is 6.68. The Bertz CT molecular complexity index is 188. The third kappa shape index (κ3) is 6.99. The lowest BCUT2D eigenvalue weighted by Crippen LogP contribution is -2.25. The molecular formula is C13H27NO3. The van der Waals surface area contributed by atoms with Crippen LogP contribution in [0.5, 0.6) is 0 Å². The van der Waals surface area contributed by atoms with E-state index in [0.717, 1.165) is 26.0 Å². The summed E-state index contributed by atoms with van der Waals surface area (Å²) in [6.45, 7) is 8.10. The van der Waals surface area contributed by atoms with Gasteiger partial charge in [0.05, 0.1) is 32.0 Å². The van der Waals surface area contributed by atoms with Gasteiger partial charge in [0.25, 0.3) is 0 Å². The molecule has 0 aliphatic carbocycles. The van der Waals surface area contributed by atoms with Crippen LogP contribution in [0.2, 0.25) is 0 Å². The fraction of sp³-hybridized carbons (Fsp3) is 1.00.